The van der Waals surface area contributed by atoms with E-state index in [0.717, 1.165) is 22.2 Å². The summed E-state index contributed by atoms with van der Waals surface area (Å²) in [7, 11) is 0. The van der Waals surface area contributed by atoms with E-state index in [4.69, 9.17) is 4.42 Å². The molecule has 0 unspecified atom stereocenters. The highest BCUT2D eigenvalue weighted by Crippen LogP contribution is 2.20. The van der Waals surface area contributed by atoms with E-state index in [1.807, 2.05) is 48.6 Å². The van der Waals surface area contributed by atoms with E-state index in [9.17, 15) is 4.79 Å². The van der Waals surface area contributed by atoms with Gasteiger partial charge >= 0.3 is 0 Å². The zero-order valence-electron chi connectivity index (χ0n) is 12.0. The Hall–Kier alpha value is -2.88. The smallest absolute Gasteiger partial charge is 0.224 e. The molecule has 0 aliphatic rings. The minimum absolute atomic E-state index is 0.0185. The number of nitrogens with one attached hydrogen (secondary N) is 1. The van der Waals surface area contributed by atoms with Crippen LogP contribution in [0.25, 0.3) is 17.0 Å². The first kappa shape index (κ1) is 14.1. The van der Waals surface area contributed by atoms with Crippen LogP contribution >= 0.6 is 0 Å². The molecule has 0 aliphatic carbocycles. The van der Waals surface area contributed by atoms with Crippen LogP contribution in [0.5, 0.6) is 0 Å². The summed E-state index contributed by atoms with van der Waals surface area (Å²) in [6.45, 7) is 0. The summed E-state index contributed by atoms with van der Waals surface area (Å²) >= 11 is 0. The highest BCUT2D eigenvalue weighted by atomic mass is 16.3. The Bertz CT molecular complexity index is 786. The van der Waals surface area contributed by atoms with Gasteiger partial charge in [0.05, 0.1) is 23.7 Å². The lowest BCUT2D eigenvalue weighted by Crippen LogP contribution is -2.11. The number of allylic oxidation sites excluding steroid dienone is 1. The van der Waals surface area contributed by atoms with Crippen LogP contribution in [0.15, 0.2) is 65.6 Å². The highest BCUT2D eigenvalue weighted by Gasteiger charge is 2.05. The zero-order valence-corrected chi connectivity index (χ0v) is 12.0. The summed E-state index contributed by atoms with van der Waals surface area (Å²) < 4.78 is 4.98. The molecule has 0 fully saturated rings. The van der Waals surface area contributed by atoms with Crippen molar-refractivity contribution in [3.8, 4) is 0 Å². The number of anilines is 1. The number of hydrogen-bond acceptors (Lipinski definition) is 3. The molecule has 0 saturated carbocycles. The SMILES string of the molecule is O=C(CC/C=C\c1ccoc1)Nc1cccc2cccnc12. The Morgan fingerprint density at radius 3 is 3.00 bits per heavy atom. The number of carbonyl (C=O) groups excluding carboxylic acids is 1. The minimum Gasteiger partial charge on any atom is -0.472 e. The predicted octanol–water partition coefficient (Wildman–Crippen LogP) is 4.26. The molecule has 1 N–H and O–H groups in total. The van der Waals surface area contributed by atoms with Crippen LogP contribution in [-0.2, 0) is 4.79 Å². The van der Waals surface area contributed by atoms with Gasteiger partial charge in [-0.05, 0) is 24.6 Å². The van der Waals surface area contributed by atoms with Gasteiger partial charge in [0, 0.05) is 23.6 Å². The maximum absolute atomic E-state index is 12.0. The van der Waals surface area contributed by atoms with Gasteiger partial charge < -0.3 is 9.73 Å². The number of rotatable bonds is 5. The number of amides is 1. The first-order valence-corrected chi connectivity index (χ1v) is 7.15. The molecule has 0 saturated heterocycles. The molecule has 1 aromatic carbocycles. The van der Waals surface area contributed by atoms with Crippen molar-refractivity contribution < 1.29 is 9.21 Å². The third-order valence-corrected chi connectivity index (χ3v) is 3.30. The van der Waals surface area contributed by atoms with Crippen molar-refractivity contribution in [3.63, 3.8) is 0 Å². The van der Waals surface area contributed by atoms with Crippen molar-refractivity contribution >= 4 is 28.6 Å². The molecular formula is C18H16N2O2. The van der Waals surface area contributed by atoms with Gasteiger partial charge in [0.25, 0.3) is 0 Å². The van der Waals surface area contributed by atoms with Crippen molar-refractivity contribution in [2.45, 2.75) is 12.8 Å². The summed E-state index contributed by atoms with van der Waals surface area (Å²) in [5, 5.41) is 3.94. The van der Waals surface area contributed by atoms with Gasteiger partial charge in [-0.2, -0.15) is 0 Å². The van der Waals surface area contributed by atoms with Crippen LogP contribution in [0.3, 0.4) is 0 Å². The monoisotopic (exact) mass is 292 g/mol. The fourth-order valence-electron chi connectivity index (χ4n) is 2.22. The second-order valence-electron chi connectivity index (χ2n) is 4.93. The maximum Gasteiger partial charge on any atom is 0.224 e. The summed E-state index contributed by atoms with van der Waals surface area (Å²) in [6.07, 6.45) is 10.0. The molecule has 110 valence electrons. The molecule has 4 nitrogen and oxygen atoms in total. The Morgan fingerprint density at radius 2 is 2.14 bits per heavy atom. The molecule has 0 atom stereocenters. The molecule has 1 amide bonds. The Kier molecular flexibility index (Phi) is 4.30. The maximum atomic E-state index is 12.0. The van der Waals surface area contributed by atoms with Gasteiger partial charge in [0.2, 0.25) is 5.91 Å². The summed E-state index contributed by atoms with van der Waals surface area (Å²) in [6, 6.07) is 11.5. The third-order valence-electron chi connectivity index (χ3n) is 3.30. The van der Waals surface area contributed by atoms with Crippen LogP contribution in [0, 0.1) is 0 Å². The van der Waals surface area contributed by atoms with Gasteiger partial charge in [-0.1, -0.05) is 30.4 Å². The van der Waals surface area contributed by atoms with Crippen molar-refractivity contribution in [2.75, 3.05) is 5.32 Å². The predicted molar refractivity (Wildman–Crippen MR) is 87.3 cm³/mol. The largest absolute Gasteiger partial charge is 0.472 e. The number of carbonyl (C=O) groups is 1. The van der Waals surface area contributed by atoms with E-state index >= 15 is 0 Å². The van der Waals surface area contributed by atoms with Gasteiger partial charge in [-0.25, -0.2) is 0 Å². The molecule has 0 bridgehead atoms. The number of furan rings is 1. The van der Waals surface area contributed by atoms with Gasteiger partial charge in [0.15, 0.2) is 0 Å². The number of pyridine rings is 1. The van der Waals surface area contributed by atoms with Crippen molar-refractivity contribution in [1.82, 2.24) is 4.98 Å². The Morgan fingerprint density at radius 1 is 1.23 bits per heavy atom. The standard InChI is InChI=1S/C18H16N2O2/c21-17(9-2-1-5-14-10-12-22-13-14)20-16-8-3-6-15-7-4-11-19-18(15)16/h1,3-8,10-13H,2,9H2,(H,20,21)/b5-1-. The molecule has 0 spiro atoms. The molecular weight excluding hydrogens is 276 g/mol. The van der Waals surface area contributed by atoms with Crippen LogP contribution in [0.1, 0.15) is 18.4 Å². The van der Waals surface area contributed by atoms with E-state index < -0.39 is 0 Å². The number of aromatic nitrogens is 1. The molecule has 0 radical (unpaired) electrons. The van der Waals surface area contributed by atoms with Gasteiger partial charge in [0.1, 0.15) is 0 Å². The zero-order chi connectivity index (χ0) is 15.2. The lowest BCUT2D eigenvalue weighted by Gasteiger charge is -2.07. The fourth-order valence-corrected chi connectivity index (χ4v) is 2.22. The van der Waals surface area contributed by atoms with E-state index in [1.54, 1.807) is 18.7 Å². The first-order chi connectivity index (χ1) is 10.8. The van der Waals surface area contributed by atoms with E-state index in [2.05, 4.69) is 10.3 Å². The average Bonchev–Trinajstić information content (AvgIpc) is 3.05. The molecule has 3 rings (SSSR count). The van der Waals surface area contributed by atoms with E-state index in [-0.39, 0.29) is 5.91 Å². The van der Waals surface area contributed by atoms with E-state index in [1.165, 1.54) is 0 Å². The van der Waals surface area contributed by atoms with Gasteiger partial charge in [-0.3, -0.25) is 9.78 Å². The molecule has 3 aromatic rings. The third kappa shape index (κ3) is 3.41. The van der Waals surface area contributed by atoms with Crippen molar-refractivity contribution in [1.29, 1.82) is 0 Å². The molecule has 4 heteroatoms. The Balaban J connectivity index is 1.59. The molecule has 22 heavy (non-hydrogen) atoms. The lowest BCUT2D eigenvalue weighted by molar-refractivity contribution is -0.116. The number of benzene rings is 1. The van der Waals surface area contributed by atoms with Crippen LogP contribution in [-0.4, -0.2) is 10.9 Å². The average molecular weight is 292 g/mol. The normalized spacial score (nSPS) is 11.1. The lowest BCUT2D eigenvalue weighted by atomic mass is 10.2. The topological polar surface area (TPSA) is 55.1 Å². The fraction of sp³-hybridized carbons (Fsp3) is 0.111. The quantitative estimate of drug-likeness (QED) is 0.764. The summed E-state index contributed by atoms with van der Waals surface area (Å²) in [5.74, 6) is -0.0185. The van der Waals surface area contributed by atoms with Gasteiger partial charge in [-0.15, -0.1) is 0 Å². The summed E-state index contributed by atoms with van der Waals surface area (Å²) in [5.41, 5.74) is 2.56. The molecule has 0 aliphatic heterocycles. The van der Waals surface area contributed by atoms with Crippen LogP contribution in [0.2, 0.25) is 0 Å². The van der Waals surface area contributed by atoms with Crippen molar-refractivity contribution in [3.05, 3.63) is 66.8 Å². The second kappa shape index (κ2) is 6.72. The number of nitrogens with zero attached hydrogens (tertiary/aromatic N) is 1. The molecule has 2 aromatic heterocycles. The summed E-state index contributed by atoms with van der Waals surface area (Å²) in [4.78, 5) is 16.4. The highest BCUT2D eigenvalue weighted by molar-refractivity contribution is 6.00. The second-order valence-corrected chi connectivity index (χ2v) is 4.93. The van der Waals surface area contributed by atoms with Crippen LogP contribution in [0.4, 0.5) is 5.69 Å². The number of fused-ring (bicyclic) bond motifs is 1. The van der Waals surface area contributed by atoms with Crippen LogP contribution < -0.4 is 5.32 Å². The Labute approximate surface area is 128 Å². The molecule has 2 heterocycles. The first-order valence-electron chi connectivity index (χ1n) is 7.15. The number of para-hydroxylation sites is 1. The van der Waals surface area contributed by atoms with E-state index in [0.29, 0.717) is 12.8 Å². The number of hydrogen-bond donors (Lipinski definition) is 1. The van der Waals surface area contributed by atoms with Crippen molar-refractivity contribution in [2.24, 2.45) is 0 Å². The minimum atomic E-state index is -0.0185.